The highest BCUT2D eigenvalue weighted by Crippen LogP contribution is 2.33. The van der Waals surface area contributed by atoms with Crippen molar-refractivity contribution in [3.63, 3.8) is 0 Å². The Labute approximate surface area is 132 Å². The normalized spacial score (nSPS) is 14.8. The number of ether oxygens (including phenoxy) is 1. The third-order valence-electron chi connectivity index (χ3n) is 3.86. The van der Waals surface area contributed by atoms with E-state index in [2.05, 4.69) is 10.3 Å². The smallest absolute Gasteiger partial charge is 0.193 e. The fourth-order valence-electron chi connectivity index (χ4n) is 2.34. The maximum atomic E-state index is 13.4. The molecule has 0 saturated heterocycles. The zero-order valence-corrected chi connectivity index (χ0v) is 13.5. The van der Waals surface area contributed by atoms with Crippen LogP contribution >= 0.6 is 0 Å². The quantitative estimate of drug-likeness (QED) is 0.456. The molecule has 0 unspecified atom stereocenters. The van der Waals surface area contributed by atoms with Crippen molar-refractivity contribution in [3.05, 3.63) is 30.1 Å². The Morgan fingerprint density at radius 2 is 2.18 bits per heavy atom. The number of likely N-dealkylation sites (N-methyl/N-ethyl adjacent to an activating group) is 1. The Hall–Kier alpha value is -1.78. The van der Waals surface area contributed by atoms with Gasteiger partial charge in [-0.25, -0.2) is 4.39 Å². The lowest BCUT2D eigenvalue weighted by molar-refractivity contribution is 0.270. The topological polar surface area (TPSA) is 36.9 Å². The molecule has 0 amide bonds. The number of halogens is 1. The molecule has 4 nitrogen and oxygen atoms in total. The first kappa shape index (κ1) is 16.6. The van der Waals surface area contributed by atoms with Gasteiger partial charge in [-0.1, -0.05) is 25.0 Å². The monoisotopic (exact) mass is 307 g/mol. The second-order valence-electron chi connectivity index (χ2n) is 5.76. The van der Waals surface area contributed by atoms with Gasteiger partial charge in [0.2, 0.25) is 0 Å². The predicted molar refractivity (Wildman–Crippen MR) is 87.8 cm³/mol. The Kier molecular flexibility index (Phi) is 6.49. The molecule has 0 spiro atoms. The van der Waals surface area contributed by atoms with Crippen LogP contribution in [-0.2, 0) is 0 Å². The summed E-state index contributed by atoms with van der Waals surface area (Å²) < 4.78 is 18.9. The fourth-order valence-corrected chi connectivity index (χ4v) is 2.34. The highest BCUT2D eigenvalue weighted by molar-refractivity contribution is 5.79. The zero-order chi connectivity index (χ0) is 15.8. The van der Waals surface area contributed by atoms with Gasteiger partial charge in [-0.2, -0.15) is 0 Å². The molecule has 0 aromatic heterocycles. The van der Waals surface area contributed by atoms with Gasteiger partial charge in [-0.05, 0) is 30.9 Å². The molecule has 1 aliphatic rings. The van der Waals surface area contributed by atoms with Gasteiger partial charge in [0, 0.05) is 20.6 Å². The van der Waals surface area contributed by atoms with E-state index in [0.29, 0.717) is 18.9 Å². The van der Waals surface area contributed by atoms with Crippen LogP contribution in [0.25, 0.3) is 0 Å². The van der Waals surface area contributed by atoms with Crippen LogP contribution in [0.3, 0.4) is 0 Å². The summed E-state index contributed by atoms with van der Waals surface area (Å²) in [6.45, 7) is 2.01. The summed E-state index contributed by atoms with van der Waals surface area (Å²) >= 11 is 0. The van der Waals surface area contributed by atoms with Crippen LogP contribution in [0, 0.1) is 11.7 Å². The zero-order valence-electron chi connectivity index (χ0n) is 13.5. The molecular weight excluding hydrogens is 281 g/mol. The summed E-state index contributed by atoms with van der Waals surface area (Å²) in [5.74, 6) is 1.79. The molecule has 0 heterocycles. The maximum absolute atomic E-state index is 13.4. The van der Waals surface area contributed by atoms with Crippen LogP contribution < -0.4 is 10.1 Å². The largest absolute Gasteiger partial charge is 0.489 e. The van der Waals surface area contributed by atoms with Crippen molar-refractivity contribution in [2.45, 2.75) is 25.7 Å². The number of hydrogen-bond acceptors (Lipinski definition) is 2. The minimum atomic E-state index is -0.326. The summed E-state index contributed by atoms with van der Waals surface area (Å²) in [7, 11) is 3.73. The van der Waals surface area contributed by atoms with E-state index in [1.165, 1.54) is 31.7 Å². The number of nitrogens with one attached hydrogen (secondary N) is 1. The highest BCUT2D eigenvalue weighted by atomic mass is 19.1. The van der Waals surface area contributed by atoms with Crippen LogP contribution in [-0.4, -0.2) is 44.7 Å². The minimum Gasteiger partial charge on any atom is -0.489 e. The number of nitrogens with zero attached hydrogens (tertiary/aromatic N) is 2. The van der Waals surface area contributed by atoms with E-state index in [1.54, 1.807) is 25.2 Å². The molecule has 2 rings (SSSR count). The van der Waals surface area contributed by atoms with Crippen LogP contribution in [0.1, 0.15) is 25.7 Å². The number of para-hydroxylation sites is 1. The van der Waals surface area contributed by atoms with E-state index in [4.69, 9.17) is 4.74 Å². The van der Waals surface area contributed by atoms with E-state index >= 15 is 0 Å². The van der Waals surface area contributed by atoms with Crippen molar-refractivity contribution in [3.8, 4) is 5.75 Å². The molecule has 1 saturated carbocycles. The van der Waals surface area contributed by atoms with Crippen molar-refractivity contribution >= 4 is 5.96 Å². The highest BCUT2D eigenvalue weighted by Gasteiger charge is 2.20. The van der Waals surface area contributed by atoms with Crippen molar-refractivity contribution in [2.75, 3.05) is 33.8 Å². The predicted octanol–water partition coefficient (Wildman–Crippen LogP) is 2.90. The molecule has 1 aromatic carbocycles. The van der Waals surface area contributed by atoms with Gasteiger partial charge in [0.25, 0.3) is 0 Å². The van der Waals surface area contributed by atoms with Gasteiger partial charge in [0.1, 0.15) is 6.61 Å². The van der Waals surface area contributed by atoms with Crippen molar-refractivity contribution in [2.24, 2.45) is 10.9 Å². The average molecular weight is 307 g/mol. The van der Waals surface area contributed by atoms with Gasteiger partial charge in [0.15, 0.2) is 17.5 Å². The summed E-state index contributed by atoms with van der Waals surface area (Å²) in [6.07, 6.45) is 5.30. The van der Waals surface area contributed by atoms with E-state index in [9.17, 15) is 4.39 Å². The number of guanidine groups is 1. The standard InChI is InChI=1S/C17H26FN3O/c1-19-17(20-11-5-6-14-9-10-14)21(2)12-13-22-16-8-4-3-7-15(16)18/h3-4,7-8,14H,5-6,9-13H2,1-2H3,(H,19,20). The second-order valence-corrected chi connectivity index (χ2v) is 5.76. The molecule has 1 N–H and O–H groups in total. The van der Waals surface area contributed by atoms with E-state index < -0.39 is 0 Å². The molecular formula is C17H26FN3O. The minimum absolute atomic E-state index is 0.295. The van der Waals surface area contributed by atoms with Gasteiger partial charge in [0.05, 0.1) is 6.54 Å². The first-order valence-electron chi connectivity index (χ1n) is 8.00. The lowest BCUT2D eigenvalue weighted by Crippen LogP contribution is -2.41. The third-order valence-corrected chi connectivity index (χ3v) is 3.86. The van der Waals surface area contributed by atoms with Crippen LogP contribution in [0.15, 0.2) is 29.3 Å². The van der Waals surface area contributed by atoms with Gasteiger partial charge < -0.3 is 15.0 Å². The molecule has 122 valence electrons. The third kappa shape index (κ3) is 5.54. The molecule has 0 radical (unpaired) electrons. The Bertz CT molecular complexity index is 489. The Morgan fingerprint density at radius 3 is 2.86 bits per heavy atom. The number of aliphatic imine (C=N–C) groups is 1. The Balaban J connectivity index is 1.65. The fraction of sp³-hybridized carbons (Fsp3) is 0.588. The maximum Gasteiger partial charge on any atom is 0.193 e. The van der Waals surface area contributed by atoms with Crippen molar-refractivity contribution < 1.29 is 9.13 Å². The van der Waals surface area contributed by atoms with Crippen molar-refractivity contribution in [1.82, 2.24) is 10.2 Å². The molecule has 1 fully saturated rings. The van der Waals surface area contributed by atoms with Gasteiger partial charge >= 0.3 is 0 Å². The number of benzene rings is 1. The SMILES string of the molecule is CN=C(NCCCC1CC1)N(C)CCOc1ccccc1F. The van der Waals surface area contributed by atoms with Crippen LogP contribution in [0.4, 0.5) is 4.39 Å². The summed E-state index contributed by atoms with van der Waals surface area (Å²) in [5.41, 5.74) is 0. The first-order chi connectivity index (χ1) is 10.7. The van der Waals surface area contributed by atoms with E-state index in [-0.39, 0.29) is 5.82 Å². The Morgan fingerprint density at radius 1 is 1.41 bits per heavy atom. The molecule has 1 aromatic rings. The number of rotatable bonds is 8. The number of hydrogen-bond donors (Lipinski definition) is 1. The van der Waals surface area contributed by atoms with Gasteiger partial charge in [-0.3, -0.25) is 4.99 Å². The van der Waals surface area contributed by atoms with Gasteiger partial charge in [-0.15, -0.1) is 0 Å². The van der Waals surface area contributed by atoms with E-state index in [1.807, 2.05) is 11.9 Å². The van der Waals surface area contributed by atoms with Crippen LogP contribution in [0.2, 0.25) is 0 Å². The summed E-state index contributed by atoms with van der Waals surface area (Å²) in [4.78, 5) is 6.26. The van der Waals surface area contributed by atoms with Crippen LogP contribution in [0.5, 0.6) is 5.75 Å². The van der Waals surface area contributed by atoms with E-state index in [0.717, 1.165) is 18.4 Å². The molecule has 0 aliphatic heterocycles. The lowest BCUT2D eigenvalue weighted by atomic mass is 10.2. The lowest BCUT2D eigenvalue weighted by Gasteiger charge is -2.22. The summed E-state index contributed by atoms with van der Waals surface area (Å²) in [5, 5.41) is 3.36. The summed E-state index contributed by atoms with van der Waals surface area (Å²) in [6, 6.07) is 6.46. The molecule has 5 heteroatoms. The molecule has 0 atom stereocenters. The average Bonchev–Trinajstić information content (AvgIpc) is 3.33. The molecule has 22 heavy (non-hydrogen) atoms. The second kappa shape index (κ2) is 8.61. The first-order valence-corrected chi connectivity index (χ1v) is 8.00. The molecule has 0 bridgehead atoms. The molecule has 1 aliphatic carbocycles. The van der Waals surface area contributed by atoms with Crippen molar-refractivity contribution in [1.29, 1.82) is 0 Å².